The smallest absolute Gasteiger partial charge is 0.350 e. The molecule has 1 aliphatic rings. The molecule has 1 atom stereocenters. The lowest BCUT2D eigenvalue weighted by molar-refractivity contribution is -0.132. The van der Waals surface area contributed by atoms with Crippen LogP contribution in [-0.4, -0.2) is 41.5 Å². The molecule has 8 nitrogen and oxygen atoms in total. The van der Waals surface area contributed by atoms with Crippen LogP contribution in [0.25, 0.3) is 5.76 Å². The van der Waals surface area contributed by atoms with Gasteiger partial charge in [0.15, 0.2) is 5.13 Å². The minimum absolute atomic E-state index is 0.0690. The maximum absolute atomic E-state index is 13.4. The maximum atomic E-state index is 13.4. The second-order valence-electron chi connectivity index (χ2n) is 8.56. The molecule has 1 unspecified atom stereocenters. The van der Waals surface area contributed by atoms with Crippen molar-refractivity contribution in [1.29, 1.82) is 0 Å². The molecular formula is C28H26N2O6S. The van der Waals surface area contributed by atoms with E-state index in [9.17, 15) is 19.5 Å². The topological polar surface area (TPSA) is 106 Å². The standard InChI is InChI=1S/C28H26N2O6S/c1-6-13-36-20-12-11-19(14-16(20)3)23(31)21-22(18-9-7-15(2)8-10-18)30(26(33)24(21)32)28-29-17(4)25(37-28)27(34)35-5/h6-12,14,22,31H,1,13H2,2-5H3. The number of aliphatic hydroxyl groups excluding tert-OH is 1. The van der Waals surface area contributed by atoms with Gasteiger partial charge in [-0.1, -0.05) is 53.8 Å². The number of aliphatic hydroxyl groups is 1. The molecule has 1 fully saturated rings. The zero-order valence-electron chi connectivity index (χ0n) is 20.9. The molecule has 1 N–H and O–H groups in total. The van der Waals surface area contributed by atoms with Gasteiger partial charge in [-0.05, 0) is 50.1 Å². The Morgan fingerprint density at radius 1 is 1.16 bits per heavy atom. The predicted molar refractivity (Wildman–Crippen MR) is 141 cm³/mol. The van der Waals surface area contributed by atoms with Crippen molar-refractivity contribution in [2.24, 2.45) is 0 Å². The monoisotopic (exact) mass is 518 g/mol. The van der Waals surface area contributed by atoms with Crippen LogP contribution in [0.3, 0.4) is 0 Å². The van der Waals surface area contributed by atoms with E-state index in [1.165, 1.54) is 12.0 Å². The number of carbonyl (C=O) groups excluding carboxylic acids is 3. The van der Waals surface area contributed by atoms with E-state index in [2.05, 4.69) is 11.6 Å². The van der Waals surface area contributed by atoms with Crippen molar-refractivity contribution >= 4 is 39.9 Å². The second kappa shape index (κ2) is 10.4. The molecule has 2 aromatic carbocycles. The van der Waals surface area contributed by atoms with Crippen LogP contribution in [0, 0.1) is 20.8 Å². The second-order valence-corrected chi connectivity index (χ2v) is 9.54. The first-order valence-corrected chi connectivity index (χ1v) is 12.3. The fourth-order valence-corrected chi connectivity index (χ4v) is 5.14. The molecule has 190 valence electrons. The van der Waals surface area contributed by atoms with Gasteiger partial charge in [0, 0.05) is 5.56 Å². The number of carbonyl (C=O) groups is 3. The Morgan fingerprint density at radius 3 is 2.49 bits per heavy atom. The number of aryl methyl sites for hydroxylation is 3. The van der Waals surface area contributed by atoms with E-state index in [1.54, 1.807) is 43.3 Å². The molecule has 0 saturated carbocycles. The summed E-state index contributed by atoms with van der Waals surface area (Å²) in [6.45, 7) is 9.33. The van der Waals surface area contributed by atoms with E-state index >= 15 is 0 Å². The van der Waals surface area contributed by atoms with Gasteiger partial charge in [0.2, 0.25) is 0 Å². The first-order valence-electron chi connectivity index (χ1n) is 11.5. The van der Waals surface area contributed by atoms with Crippen molar-refractivity contribution in [3.63, 3.8) is 0 Å². The zero-order chi connectivity index (χ0) is 26.9. The van der Waals surface area contributed by atoms with E-state index in [-0.39, 0.29) is 21.3 Å². The summed E-state index contributed by atoms with van der Waals surface area (Å²) in [4.78, 5) is 44.8. The fraction of sp³-hybridized carbons (Fsp3) is 0.214. The number of benzene rings is 2. The molecule has 2 heterocycles. The SMILES string of the molecule is C=CCOc1ccc(C(O)=C2C(=O)C(=O)N(c3nc(C)c(C(=O)OC)s3)C2c2ccc(C)cc2)cc1C. The van der Waals surface area contributed by atoms with Crippen LogP contribution in [0.15, 0.2) is 60.7 Å². The van der Waals surface area contributed by atoms with Crippen LogP contribution in [0.2, 0.25) is 0 Å². The normalized spacial score (nSPS) is 16.6. The number of Topliss-reactive ketones (excluding diaryl/α,β-unsaturated/α-hetero) is 1. The zero-order valence-corrected chi connectivity index (χ0v) is 21.7. The number of rotatable bonds is 7. The van der Waals surface area contributed by atoms with Crippen LogP contribution in [0.5, 0.6) is 5.75 Å². The number of ketones is 1. The van der Waals surface area contributed by atoms with Gasteiger partial charge in [-0.3, -0.25) is 14.5 Å². The number of aromatic nitrogens is 1. The minimum Gasteiger partial charge on any atom is -0.507 e. The Kier molecular flexibility index (Phi) is 7.26. The van der Waals surface area contributed by atoms with Gasteiger partial charge in [0.05, 0.1) is 24.4 Å². The molecule has 0 spiro atoms. The number of hydrogen-bond acceptors (Lipinski definition) is 8. The third kappa shape index (κ3) is 4.77. The predicted octanol–water partition coefficient (Wildman–Crippen LogP) is 5.05. The van der Waals surface area contributed by atoms with E-state index < -0.39 is 23.7 Å². The first kappa shape index (κ1) is 25.8. The summed E-state index contributed by atoms with van der Waals surface area (Å²) in [6.07, 6.45) is 1.63. The Morgan fingerprint density at radius 2 is 1.86 bits per heavy atom. The van der Waals surface area contributed by atoms with Gasteiger partial charge in [0.25, 0.3) is 5.78 Å². The number of methoxy groups -OCH3 is 1. The van der Waals surface area contributed by atoms with Crippen molar-refractivity contribution in [2.45, 2.75) is 26.8 Å². The molecule has 0 aliphatic carbocycles. The van der Waals surface area contributed by atoms with E-state index in [1.807, 2.05) is 26.0 Å². The third-order valence-electron chi connectivity index (χ3n) is 6.00. The molecule has 0 radical (unpaired) electrons. The number of thiazole rings is 1. The van der Waals surface area contributed by atoms with E-state index in [4.69, 9.17) is 9.47 Å². The Bertz CT molecular complexity index is 1440. The van der Waals surface area contributed by atoms with Crippen LogP contribution >= 0.6 is 11.3 Å². The highest BCUT2D eigenvalue weighted by Gasteiger charge is 2.48. The molecule has 1 aliphatic heterocycles. The maximum Gasteiger partial charge on any atom is 0.350 e. The number of ether oxygens (including phenoxy) is 2. The average molecular weight is 519 g/mol. The Balaban J connectivity index is 1.89. The van der Waals surface area contributed by atoms with Crippen LogP contribution in [0.4, 0.5) is 5.13 Å². The molecule has 1 aromatic heterocycles. The summed E-state index contributed by atoms with van der Waals surface area (Å²) in [7, 11) is 1.26. The Labute approximate surface area is 218 Å². The summed E-state index contributed by atoms with van der Waals surface area (Å²) in [6, 6.07) is 11.4. The molecule has 37 heavy (non-hydrogen) atoms. The lowest BCUT2D eigenvalue weighted by Crippen LogP contribution is -2.29. The fourth-order valence-electron chi connectivity index (χ4n) is 4.12. The first-order chi connectivity index (χ1) is 17.7. The summed E-state index contributed by atoms with van der Waals surface area (Å²) < 4.78 is 10.4. The van der Waals surface area contributed by atoms with Crippen molar-refractivity contribution in [1.82, 2.24) is 4.98 Å². The van der Waals surface area contributed by atoms with Crippen LogP contribution < -0.4 is 9.64 Å². The van der Waals surface area contributed by atoms with Crippen LogP contribution in [-0.2, 0) is 14.3 Å². The Hall–Kier alpha value is -4.24. The van der Waals surface area contributed by atoms with Crippen LogP contribution in [0.1, 0.15) is 43.7 Å². The van der Waals surface area contributed by atoms with Gasteiger partial charge >= 0.3 is 11.9 Å². The van der Waals surface area contributed by atoms with Crippen molar-refractivity contribution in [3.05, 3.63) is 93.5 Å². The van der Waals surface area contributed by atoms with Crippen molar-refractivity contribution < 1.29 is 29.0 Å². The summed E-state index contributed by atoms with van der Waals surface area (Å²) in [5, 5.41) is 11.5. The molecule has 4 rings (SSSR count). The lowest BCUT2D eigenvalue weighted by atomic mass is 9.94. The highest BCUT2D eigenvalue weighted by atomic mass is 32.1. The number of hydrogen-bond donors (Lipinski definition) is 1. The van der Waals surface area contributed by atoms with Gasteiger partial charge in [-0.25, -0.2) is 9.78 Å². The van der Waals surface area contributed by atoms with Gasteiger partial charge in [-0.2, -0.15) is 0 Å². The molecule has 0 bridgehead atoms. The minimum atomic E-state index is -0.950. The number of amides is 1. The summed E-state index contributed by atoms with van der Waals surface area (Å²) in [5.74, 6) is -1.98. The molecule has 1 saturated heterocycles. The molecular weight excluding hydrogens is 492 g/mol. The van der Waals surface area contributed by atoms with Gasteiger partial charge < -0.3 is 14.6 Å². The third-order valence-corrected chi connectivity index (χ3v) is 7.14. The van der Waals surface area contributed by atoms with Crippen molar-refractivity contribution in [3.8, 4) is 5.75 Å². The number of nitrogens with zero attached hydrogens (tertiary/aromatic N) is 2. The summed E-state index contributed by atoms with van der Waals surface area (Å²) in [5.41, 5.74) is 3.02. The summed E-state index contributed by atoms with van der Waals surface area (Å²) >= 11 is 0.957. The molecule has 3 aromatic rings. The quantitative estimate of drug-likeness (QED) is 0.153. The van der Waals surface area contributed by atoms with E-state index in [0.29, 0.717) is 29.2 Å². The molecule has 9 heteroatoms. The largest absolute Gasteiger partial charge is 0.507 e. The van der Waals surface area contributed by atoms with Gasteiger partial charge in [-0.15, -0.1) is 0 Å². The highest BCUT2D eigenvalue weighted by Crippen LogP contribution is 2.44. The van der Waals surface area contributed by atoms with Crippen molar-refractivity contribution in [2.75, 3.05) is 18.6 Å². The number of anilines is 1. The average Bonchev–Trinajstić information content (AvgIpc) is 3.39. The van der Waals surface area contributed by atoms with E-state index in [0.717, 1.165) is 22.5 Å². The molecule has 1 amide bonds. The number of esters is 1. The lowest BCUT2D eigenvalue weighted by Gasteiger charge is -2.23. The van der Waals surface area contributed by atoms with Gasteiger partial charge in [0.1, 0.15) is 23.0 Å². The highest BCUT2D eigenvalue weighted by molar-refractivity contribution is 7.17.